The molecule has 3 aromatic rings. The minimum Gasteiger partial charge on any atom is -0.337 e. The fourth-order valence-corrected chi connectivity index (χ4v) is 3.49. The van der Waals surface area contributed by atoms with Crippen LogP contribution in [0.5, 0.6) is 0 Å². The summed E-state index contributed by atoms with van der Waals surface area (Å²) in [6.45, 7) is 0.632. The highest BCUT2D eigenvalue weighted by molar-refractivity contribution is 6.33. The minimum atomic E-state index is -0.243. The van der Waals surface area contributed by atoms with Crippen LogP contribution in [0.2, 0.25) is 10.0 Å². The van der Waals surface area contributed by atoms with E-state index in [1.807, 2.05) is 12.1 Å². The highest BCUT2D eigenvalue weighted by Gasteiger charge is 2.35. The molecule has 1 aliphatic rings. The third-order valence-electron chi connectivity index (χ3n) is 4.45. The Hall–Kier alpha value is -2.37. The molecule has 0 aliphatic carbocycles. The summed E-state index contributed by atoms with van der Waals surface area (Å²) < 4.78 is 5.46. The number of nitrogens with zero attached hydrogens (tertiary/aromatic N) is 3. The third-order valence-corrected chi connectivity index (χ3v) is 5.03. The Kier molecular flexibility index (Phi) is 4.66. The predicted molar refractivity (Wildman–Crippen MR) is 99.2 cm³/mol. The van der Waals surface area contributed by atoms with E-state index in [0.717, 1.165) is 18.4 Å². The van der Waals surface area contributed by atoms with E-state index in [9.17, 15) is 4.79 Å². The Morgan fingerprint density at radius 2 is 1.88 bits per heavy atom. The van der Waals surface area contributed by atoms with Crippen molar-refractivity contribution in [3.05, 3.63) is 70.0 Å². The number of rotatable bonds is 3. The van der Waals surface area contributed by atoms with Crippen LogP contribution in [-0.2, 0) is 0 Å². The van der Waals surface area contributed by atoms with Gasteiger partial charge in [-0.2, -0.15) is 4.98 Å². The molecule has 1 fully saturated rings. The van der Waals surface area contributed by atoms with Gasteiger partial charge in [-0.25, -0.2) is 0 Å². The second-order valence-electron chi connectivity index (χ2n) is 6.10. The fourth-order valence-electron chi connectivity index (χ4n) is 3.14. The summed E-state index contributed by atoms with van der Waals surface area (Å²) in [5.74, 6) is 0.797. The largest absolute Gasteiger partial charge is 0.337 e. The molecule has 0 saturated carbocycles. The highest BCUT2D eigenvalue weighted by Crippen LogP contribution is 2.34. The summed E-state index contributed by atoms with van der Waals surface area (Å²) >= 11 is 12.1. The number of hydrogen-bond acceptors (Lipinski definition) is 4. The van der Waals surface area contributed by atoms with E-state index in [1.165, 1.54) is 0 Å². The van der Waals surface area contributed by atoms with Gasteiger partial charge in [0.15, 0.2) is 0 Å². The van der Waals surface area contributed by atoms with Crippen molar-refractivity contribution >= 4 is 29.1 Å². The van der Waals surface area contributed by atoms with E-state index in [2.05, 4.69) is 10.1 Å². The molecule has 0 spiro atoms. The van der Waals surface area contributed by atoms with Crippen molar-refractivity contribution in [3.8, 4) is 11.4 Å². The van der Waals surface area contributed by atoms with Crippen LogP contribution in [0.4, 0.5) is 0 Å². The first kappa shape index (κ1) is 17.1. The molecule has 1 unspecified atom stereocenters. The number of carbonyl (C=O) groups is 1. The van der Waals surface area contributed by atoms with E-state index in [-0.39, 0.29) is 11.9 Å². The Balaban J connectivity index is 1.60. The molecular formula is C19H15Cl2N3O2. The second kappa shape index (κ2) is 7.09. The number of aromatic nitrogens is 2. The monoisotopic (exact) mass is 387 g/mol. The van der Waals surface area contributed by atoms with Crippen molar-refractivity contribution in [3.63, 3.8) is 0 Å². The van der Waals surface area contributed by atoms with E-state index < -0.39 is 0 Å². The maximum absolute atomic E-state index is 12.9. The van der Waals surface area contributed by atoms with Gasteiger partial charge in [0.2, 0.25) is 11.7 Å². The van der Waals surface area contributed by atoms with Crippen molar-refractivity contribution < 1.29 is 9.32 Å². The Bertz CT molecular complexity index is 940. The van der Waals surface area contributed by atoms with Crippen LogP contribution in [0, 0.1) is 0 Å². The molecule has 1 amide bonds. The molecule has 0 radical (unpaired) electrons. The van der Waals surface area contributed by atoms with Crippen molar-refractivity contribution in [2.75, 3.05) is 6.54 Å². The zero-order valence-electron chi connectivity index (χ0n) is 13.7. The van der Waals surface area contributed by atoms with Crippen molar-refractivity contribution in [1.29, 1.82) is 0 Å². The average Bonchev–Trinajstić information content (AvgIpc) is 3.31. The zero-order chi connectivity index (χ0) is 18.1. The van der Waals surface area contributed by atoms with Crippen LogP contribution in [0.1, 0.15) is 35.1 Å². The van der Waals surface area contributed by atoms with Gasteiger partial charge in [-0.1, -0.05) is 40.5 Å². The smallest absolute Gasteiger partial charge is 0.256 e. The predicted octanol–water partition coefficient (Wildman–Crippen LogP) is 5.02. The molecule has 0 bridgehead atoms. The van der Waals surface area contributed by atoms with Crippen LogP contribution >= 0.6 is 23.2 Å². The lowest BCUT2D eigenvalue weighted by Crippen LogP contribution is -2.30. The molecule has 1 aromatic heterocycles. The van der Waals surface area contributed by atoms with Gasteiger partial charge in [0.25, 0.3) is 5.91 Å². The Morgan fingerprint density at radius 3 is 2.65 bits per heavy atom. The SMILES string of the molecule is O=C(c1ccccc1Cl)N1CCCC1c1nc(-c2ccc(Cl)cc2)no1. The topological polar surface area (TPSA) is 59.2 Å². The lowest BCUT2D eigenvalue weighted by atomic mass is 10.1. The first-order valence-electron chi connectivity index (χ1n) is 8.28. The maximum atomic E-state index is 12.9. The van der Waals surface area contributed by atoms with Gasteiger partial charge in [-0.05, 0) is 49.2 Å². The molecule has 2 heterocycles. The van der Waals surface area contributed by atoms with Gasteiger partial charge in [-0.15, -0.1) is 0 Å². The van der Waals surface area contributed by atoms with E-state index >= 15 is 0 Å². The van der Waals surface area contributed by atoms with Crippen molar-refractivity contribution in [2.45, 2.75) is 18.9 Å². The summed E-state index contributed by atoms with van der Waals surface area (Å²) in [5.41, 5.74) is 1.30. The van der Waals surface area contributed by atoms with Crippen LogP contribution in [0.25, 0.3) is 11.4 Å². The van der Waals surface area contributed by atoms with Crippen molar-refractivity contribution in [2.24, 2.45) is 0 Å². The fraction of sp³-hybridized carbons (Fsp3) is 0.211. The third kappa shape index (κ3) is 3.20. The van der Waals surface area contributed by atoms with Crippen LogP contribution in [0.3, 0.4) is 0 Å². The quantitative estimate of drug-likeness (QED) is 0.632. The van der Waals surface area contributed by atoms with E-state index in [0.29, 0.717) is 33.9 Å². The minimum absolute atomic E-state index is 0.121. The summed E-state index contributed by atoms with van der Waals surface area (Å²) in [6.07, 6.45) is 1.65. The number of halogens is 2. The molecule has 5 nitrogen and oxygen atoms in total. The first-order chi connectivity index (χ1) is 12.6. The number of benzene rings is 2. The normalized spacial score (nSPS) is 16.8. The van der Waals surface area contributed by atoms with Gasteiger partial charge in [0.05, 0.1) is 10.6 Å². The summed E-state index contributed by atoms with van der Waals surface area (Å²) in [4.78, 5) is 19.1. The van der Waals surface area contributed by atoms with Gasteiger partial charge >= 0.3 is 0 Å². The molecular weight excluding hydrogens is 373 g/mol. The van der Waals surface area contributed by atoms with Gasteiger partial charge in [0, 0.05) is 17.1 Å². The molecule has 2 aromatic carbocycles. The lowest BCUT2D eigenvalue weighted by molar-refractivity contribution is 0.0710. The van der Waals surface area contributed by atoms with Crippen LogP contribution in [0.15, 0.2) is 53.1 Å². The Labute approximate surface area is 160 Å². The molecule has 4 rings (SSSR count). The standard InChI is InChI=1S/C19H15Cl2N3O2/c20-13-9-7-12(8-10-13)17-22-18(26-23-17)16-6-3-11-24(16)19(25)14-4-1-2-5-15(14)21/h1-2,4-5,7-10,16H,3,6,11H2. The van der Waals surface area contributed by atoms with Gasteiger partial charge < -0.3 is 9.42 Å². The summed E-state index contributed by atoms with van der Waals surface area (Å²) in [6, 6.07) is 14.0. The molecule has 1 saturated heterocycles. The maximum Gasteiger partial charge on any atom is 0.256 e. The molecule has 132 valence electrons. The Morgan fingerprint density at radius 1 is 1.12 bits per heavy atom. The van der Waals surface area contributed by atoms with Gasteiger partial charge in [-0.3, -0.25) is 4.79 Å². The molecule has 0 N–H and O–H groups in total. The zero-order valence-corrected chi connectivity index (χ0v) is 15.2. The van der Waals surface area contributed by atoms with Crippen LogP contribution in [-0.4, -0.2) is 27.5 Å². The number of amides is 1. The van der Waals surface area contributed by atoms with E-state index in [1.54, 1.807) is 41.3 Å². The van der Waals surface area contributed by atoms with Gasteiger partial charge in [0.1, 0.15) is 6.04 Å². The molecule has 7 heteroatoms. The van der Waals surface area contributed by atoms with Crippen LogP contribution < -0.4 is 0 Å². The molecule has 26 heavy (non-hydrogen) atoms. The summed E-state index contributed by atoms with van der Waals surface area (Å²) in [7, 11) is 0. The molecule has 1 aliphatic heterocycles. The second-order valence-corrected chi connectivity index (χ2v) is 6.94. The number of hydrogen-bond donors (Lipinski definition) is 0. The average molecular weight is 388 g/mol. The number of likely N-dealkylation sites (tertiary alicyclic amines) is 1. The van der Waals surface area contributed by atoms with E-state index in [4.69, 9.17) is 27.7 Å². The summed E-state index contributed by atoms with van der Waals surface area (Å²) in [5, 5.41) is 5.14. The van der Waals surface area contributed by atoms with Crippen molar-refractivity contribution in [1.82, 2.24) is 15.0 Å². The first-order valence-corrected chi connectivity index (χ1v) is 9.04. The number of carbonyl (C=O) groups excluding carboxylic acids is 1. The lowest BCUT2D eigenvalue weighted by Gasteiger charge is -2.22. The highest BCUT2D eigenvalue weighted by atomic mass is 35.5. The molecule has 1 atom stereocenters.